The summed E-state index contributed by atoms with van der Waals surface area (Å²) in [7, 11) is 0. The summed E-state index contributed by atoms with van der Waals surface area (Å²) in [4.78, 5) is 18.6. The Balaban J connectivity index is 1.97. The Morgan fingerprint density at radius 3 is 2.76 bits per heavy atom. The summed E-state index contributed by atoms with van der Waals surface area (Å²) in [6.45, 7) is 0. The molecule has 0 aliphatic heterocycles. The second kappa shape index (κ2) is 6.90. The number of nitro benzene ring substituents is 1. The van der Waals surface area contributed by atoms with Crippen LogP contribution >= 0.6 is 11.3 Å². The Bertz CT molecular complexity index is 1010. The molecule has 3 rings (SSSR count). The second-order valence-corrected chi connectivity index (χ2v) is 5.81. The first-order chi connectivity index (χ1) is 12.1. The zero-order chi connectivity index (χ0) is 17.8. The van der Waals surface area contributed by atoms with Gasteiger partial charge in [0.05, 0.1) is 16.2 Å². The third-order valence-corrected chi connectivity index (χ3v) is 4.21. The van der Waals surface area contributed by atoms with E-state index in [0.717, 1.165) is 11.3 Å². The fourth-order valence-electron chi connectivity index (χ4n) is 2.14. The summed E-state index contributed by atoms with van der Waals surface area (Å²) in [5.74, 6) is -0.421. The highest BCUT2D eigenvalue weighted by Gasteiger charge is 2.14. The first kappa shape index (κ1) is 16.3. The predicted molar refractivity (Wildman–Crippen MR) is 93.6 cm³/mol. The van der Waals surface area contributed by atoms with Crippen LogP contribution in [0.5, 0.6) is 5.75 Å². The largest absolute Gasteiger partial charge is 0.502 e. The van der Waals surface area contributed by atoms with Crippen LogP contribution in [0.4, 0.5) is 5.69 Å². The topological polar surface area (TPSA) is 113 Å². The van der Waals surface area contributed by atoms with Gasteiger partial charge in [-0.25, -0.2) is 4.98 Å². The van der Waals surface area contributed by atoms with Gasteiger partial charge in [-0.05, 0) is 29.8 Å². The van der Waals surface area contributed by atoms with Gasteiger partial charge >= 0.3 is 5.69 Å². The van der Waals surface area contributed by atoms with Crippen molar-refractivity contribution in [1.82, 2.24) is 9.97 Å². The molecule has 0 saturated carbocycles. The molecule has 1 aromatic carbocycles. The van der Waals surface area contributed by atoms with Crippen LogP contribution < -0.4 is 0 Å². The van der Waals surface area contributed by atoms with Crippen molar-refractivity contribution in [2.24, 2.45) is 0 Å². The maximum Gasteiger partial charge on any atom is 0.311 e. The van der Waals surface area contributed by atoms with Crippen LogP contribution in [-0.4, -0.2) is 20.0 Å². The number of pyridine rings is 1. The van der Waals surface area contributed by atoms with Gasteiger partial charge in [0.25, 0.3) is 0 Å². The summed E-state index contributed by atoms with van der Waals surface area (Å²) >= 11 is 1.30. The smallest absolute Gasteiger partial charge is 0.311 e. The fourth-order valence-corrected chi connectivity index (χ4v) is 2.93. The van der Waals surface area contributed by atoms with E-state index < -0.39 is 16.4 Å². The Hall–Kier alpha value is -3.57. The zero-order valence-electron chi connectivity index (χ0n) is 12.7. The maximum atomic E-state index is 10.9. The molecule has 0 unspecified atom stereocenters. The van der Waals surface area contributed by atoms with Crippen molar-refractivity contribution < 1.29 is 10.0 Å². The summed E-state index contributed by atoms with van der Waals surface area (Å²) in [6.07, 6.45) is 4.82. The van der Waals surface area contributed by atoms with E-state index in [-0.39, 0.29) is 5.57 Å². The minimum Gasteiger partial charge on any atom is -0.502 e. The van der Waals surface area contributed by atoms with E-state index in [2.05, 4.69) is 16.0 Å². The van der Waals surface area contributed by atoms with E-state index in [1.165, 1.54) is 35.6 Å². The maximum absolute atomic E-state index is 10.9. The molecule has 2 heterocycles. The molecular weight excluding hydrogens is 340 g/mol. The third-order valence-electron chi connectivity index (χ3n) is 3.34. The molecule has 0 radical (unpaired) electrons. The van der Waals surface area contributed by atoms with Crippen LogP contribution in [0, 0.1) is 21.4 Å². The Morgan fingerprint density at radius 2 is 2.08 bits per heavy atom. The number of benzene rings is 1. The minimum atomic E-state index is -0.677. The summed E-state index contributed by atoms with van der Waals surface area (Å²) in [5, 5.41) is 32.1. The van der Waals surface area contributed by atoms with Crippen LogP contribution in [-0.2, 0) is 0 Å². The number of hydrogen-bond acceptors (Lipinski definition) is 7. The van der Waals surface area contributed by atoms with Crippen LogP contribution in [0.3, 0.4) is 0 Å². The Kier molecular flexibility index (Phi) is 4.50. The standard InChI is InChI=1S/C17H10N4O3S/c18-9-13(7-11-1-2-16(22)15(8-11)21(23)24)17-20-14(10-25-17)12-3-5-19-6-4-12/h1-8,10,22H. The highest BCUT2D eigenvalue weighted by atomic mass is 32.1. The number of hydrogen-bond donors (Lipinski definition) is 1. The van der Waals surface area contributed by atoms with Gasteiger partial charge in [0, 0.05) is 29.4 Å². The predicted octanol–water partition coefficient (Wildman–Crippen LogP) is 3.88. The summed E-state index contributed by atoms with van der Waals surface area (Å²) < 4.78 is 0. The van der Waals surface area contributed by atoms with Gasteiger partial charge in [-0.15, -0.1) is 11.3 Å². The molecule has 0 saturated heterocycles. The number of nitrogens with zero attached hydrogens (tertiary/aromatic N) is 4. The van der Waals surface area contributed by atoms with Crippen molar-refractivity contribution in [2.75, 3.05) is 0 Å². The highest BCUT2D eigenvalue weighted by Crippen LogP contribution is 2.30. The number of rotatable bonds is 4. The van der Waals surface area contributed by atoms with Gasteiger partial charge in [0.2, 0.25) is 0 Å². The highest BCUT2D eigenvalue weighted by molar-refractivity contribution is 7.11. The average Bonchev–Trinajstić information content (AvgIpc) is 3.11. The molecule has 122 valence electrons. The lowest BCUT2D eigenvalue weighted by molar-refractivity contribution is -0.385. The minimum absolute atomic E-state index is 0.283. The van der Waals surface area contributed by atoms with Gasteiger partial charge in [0.15, 0.2) is 5.75 Å². The van der Waals surface area contributed by atoms with Crippen molar-refractivity contribution in [3.63, 3.8) is 0 Å². The van der Waals surface area contributed by atoms with Gasteiger partial charge in [-0.1, -0.05) is 6.07 Å². The van der Waals surface area contributed by atoms with Gasteiger partial charge < -0.3 is 5.11 Å². The van der Waals surface area contributed by atoms with E-state index in [4.69, 9.17) is 0 Å². The lowest BCUT2D eigenvalue weighted by atomic mass is 10.1. The molecular formula is C17H10N4O3S. The number of nitro groups is 1. The first-order valence-corrected chi connectivity index (χ1v) is 7.92. The number of phenols is 1. The van der Waals surface area contributed by atoms with E-state index in [1.807, 2.05) is 17.5 Å². The molecule has 0 bridgehead atoms. The van der Waals surface area contributed by atoms with E-state index in [9.17, 15) is 20.5 Å². The fraction of sp³-hybridized carbons (Fsp3) is 0. The van der Waals surface area contributed by atoms with Crippen molar-refractivity contribution in [3.8, 4) is 23.1 Å². The van der Waals surface area contributed by atoms with Crippen molar-refractivity contribution in [2.45, 2.75) is 0 Å². The SMILES string of the molecule is N#CC(=Cc1ccc(O)c([N+](=O)[O-])c1)c1nc(-c2ccncc2)cs1. The molecule has 8 heteroatoms. The molecule has 0 spiro atoms. The molecule has 0 fully saturated rings. The van der Waals surface area contributed by atoms with Crippen molar-refractivity contribution in [1.29, 1.82) is 5.26 Å². The molecule has 3 aromatic rings. The number of nitriles is 1. The van der Waals surface area contributed by atoms with Crippen LogP contribution in [0.1, 0.15) is 10.6 Å². The summed E-state index contributed by atoms with van der Waals surface area (Å²) in [6, 6.07) is 9.63. The van der Waals surface area contributed by atoms with Crippen molar-refractivity contribution >= 4 is 28.7 Å². The Labute approximate surface area is 146 Å². The van der Waals surface area contributed by atoms with Crippen LogP contribution in [0.2, 0.25) is 0 Å². The van der Waals surface area contributed by atoms with Gasteiger partial charge in [0.1, 0.15) is 11.1 Å². The number of allylic oxidation sites excluding steroid dienone is 1. The quantitative estimate of drug-likeness (QED) is 0.434. The zero-order valence-corrected chi connectivity index (χ0v) is 13.5. The third kappa shape index (κ3) is 3.52. The number of thiazole rings is 1. The first-order valence-electron chi connectivity index (χ1n) is 7.04. The molecule has 0 atom stereocenters. The normalized spacial score (nSPS) is 11.1. The number of phenolic OH excluding ortho intramolecular Hbond substituents is 1. The Morgan fingerprint density at radius 1 is 1.32 bits per heavy atom. The monoisotopic (exact) mass is 350 g/mol. The van der Waals surface area contributed by atoms with Gasteiger partial charge in [-0.2, -0.15) is 5.26 Å². The van der Waals surface area contributed by atoms with Gasteiger partial charge in [-0.3, -0.25) is 15.1 Å². The molecule has 7 nitrogen and oxygen atoms in total. The number of aromatic nitrogens is 2. The second-order valence-electron chi connectivity index (χ2n) is 4.95. The molecule has 25 heavy (non-hydrogen) atoms. The molecule has 2 aromatic heterocycles. The van der Waals surface area contributed by atoms with E-state index >= 15 is 0 Å². The lowest BCUT2D eigenvalue weighted by Gasteiger charge is -1.99. The average molecular weight is 350 g/mol. The van der Waals surface area contributed by atoms with Crippen LogP contribution in [0.15, 0.2) is 48.1 Å². The lowest BCUT2D eigenvalue weighted by Crippen LogP contribution is -1.89. The molecule has 1 N–H and O–H groups in total. The van der Waals surface area contributed by atoms with Crippen molar-refractivity contribution in [3.05, 3.63) is 68.8 Å². The summed E-state index contributed by atoms with van der Waals surface area (Å²) in [5.41, 5.74) is 1.91. The van der Waals surface area contributed by atoms with E-state index in [1.54, 1.807) is 12.4 Å². The van der Waals surface area contributed by atoms with Crippen LogP contribution in [0.25, 0.3) is 22.9 Å². The molecule has 0 aliphatic rings. The van der Waals surface area contributed by atoms with E-state index in [0.29, 0.717) is 10.6 Å². The number of aromatic hydroxyl groups is 1. The molecule has 0 aliphatic carbocycles. The molecule has 0 amide bonds.